The molecule has 1 heterocycles. The van der Waals surface area contributed by atoms with Crippen LogP contribution in [0.2, 0.25) is 0 Å². The highest BCUT2D eigenvalue weighted by Gasteiger charge is 2.29. The Morgan fingerprint density at radius 3 is 2.18 bits per heavy atom. The lowest BCUT2D eigenvalue weighted by Crippen LogP contribution is -2.50. The summed E-state index contributed by atoms with van der Waals surface area (Å²) in [5.74, 6) is 2.55. The fourth-order valence-corrected chi connectivity index (χ4v) is 3.29. The summed E-state index contributed by atoms with van der Waals surface area (Å²) in [6.45, 7) is 5.89. The maximum atomic E-state index is 8.31. The van der Waals surface area contributed by atoms with Crippen LogP contribution in [0.25, 0.3) is 0 Å². The summed E-state index contributed by atoms with van der Waals surface area (Å²) in [7, 11) is 0. The van der Waals surface area contributed by atoms with Crippen molar-refractivity contribution in [3.63, 3.8) is 0 Å². The van der Waals surface area contributed by atoms with E-state index in [9.17, 15) is 0 Å². The second-order valence-corrected chi connectivity index (χ2v) is 6.10. The van der Waals surface area contributed by atoms with Crippen LogP contribution in [0, 0.1) is 17.2 Å². The highest BCUT2D eigenvalue weighted by molar-refractivity contribution is 5.82. The molecule has 2 saturated carbocycles. The SMILES string of the molecule is N=C(C1CCCC1)N1CCN(CC2CC2)CC1. The molecule has 0 atom stereocenters. The van der Waals surface area contributed by atoms with E-state index in [1.807, 2.05) is 0 Å². The third-order valence-corrected chi connectivity index (χ3v) is 4.67. The molecule has 1 saturated heterocycles. The number of piperazine rings is 1. The van der Waals surface area contributed by atoms with Crippen molar-refractivity contribution in [1.29, 1.82) is 5.41 Å². The van der Waals surface area contributed by atoms with Gasteiger partial charge in [-0.05, 0) is 31.6 Å². The van der Waals surface area contributed by atoms with E-state index in [2.05, 4.69) is 9.80 Å². The molecule has 3 fully saturated rings. The lowest BCUT2D eigenvalue weighted by molar-refractivity contribution is 0.171. The summed E-state index contributed by atoms with van der Waals surface area (Å²) in [6.07, 6.45) is 8.13. The summed E-state index contributed by atoms with van der Waals surface area (Å²) >= 11 is 0. The quantitative estimate of drug-likeness (QED) is 0.600. The molecular weight excluding hydrogens is 210 g/mol. The topological polar surface area (TPSA) is 30.3 Å². The standard InChI is InChI=1S/C14H25N3/c15-14(13-3-1-2-4-13)17-9-7-16(8-10-17)11-12-5-6-12/h12-13,15H,1-11H2. The largest absolute Gasteiger partial charge is 0.358 e. The first-order valence-electron chi connectivity index (χ1n) is 7.38. The van der Waals surface area contributed by atoms with E-state index < -0.39 is 0 Å². The monoisotopic (exact) mass is 235 g/mol. The molecule has 2 aliphatic carbocycles. The maximum absolute atomic E-state index is 8.31. The second kappa shape index (κ2) is 4.97. The number of hydrogen-bond donors (Lipinski definition) is 1. The van der Waals surface area contributed by atoms with Crippen molar-refractivity contribution < 1.29 is 0 Å². The van der Waals surface area contributed by atoms with Crippen molar-refractivity contribution >= 4 is 5.84 Å². The molecule has 0 radical (unpaired) electrons. The van der Waals surface area contributed by atoms with Crippen molar-refractivity contribution in [1.82, 2.24) is 9.80 Å². The van der Waals surface area contributed by atoms with Crippen LogP contribution < -0.4 is 0 Å². The average Bonchev–Trinajstić information content (AvgIpc) is 3.00. The Hall–Kier alpha value is -0.570. The molecule has 1 N–H and O–H groups in total. The van der Waals surface area contributed by atoms with Crippen molar-refractivity contribution in [2.75, 3.05) is 32.7 Å². The zero-order valence-electron chi connectivity index (χ0n) is 10.8. The van der Waals surface area contributed by atoms with Gasteiger partial charge in [-0.1, -0.05) is 12.8 Å². The van der Waals surface area contributed by atoms with Gasteiger partial charge in [-0.2, -0.15) is 0 Å². The van der Waals surface area contributed by atoms with Crippen LogP contribution in [0.1, 0.15) is 38.5 Å². The van der Waals surface area contributed by atoms with Gasteiger partial charge in [0, 0.05) is 38.6 Å². The Balaban J connectivity index is 1.44. The predicted octanol–water partition coefficient (Wildman–Crippen LogP) is 2.18. The fraction of sp³-hybridized carbons (Fsp3) is 0.929. The van der Waals surface area contributed by atoms with Gasteiger partial charge in [0.15, 0.2) is 0 Å². The number of hydrogen-bond acceptors (Lipinski definition) is 2. The van der Waals surface area contributed by atoms with Crippen molar-refractivity contribution in [3.05, 3.63) is 0 Å². The maximum Gasteiger partial charge on any atom is 0.0990 e. The van der Waals surface area contributed by atoms with Gasteiger partial charge < -0.3 is 4.90 Å². The summed E-state index contributed by atoms with van der Waals surface area (Å²) in [6, 6.07) is 0. The molecule has 1 aliphatic heterocycles. The minimum atomic E-state index is 0.588. The Morgan fingerprint density at radius 2 is 1.59 bits per heavy atom. The number of rotatable bonds is 3. The molecule has 0 spiro atoms. The van der Waals surface area contributed by atoms with Gasteiger partial charge in [0.05, 0.1) is 5.84 Å². The lowest BCUT2D eigenvalue weighted by Gasteiger charge is -2.37. The first-order chi connectivity index (χ1) is 8.33. The van der Waals surface area contributed by atoms with E-state index in [1.54, 1.807) is 0 Å². The van der Waals surface area contributed by atoms with Crippen LogP contribution >= 0.6 is 0 Å². The third kappa shape index (κ3) is 2.82. The summed E-state index contributed by atoms with van der Waals surface area (Å²) in [5.41, 5.74) is 0. The van der Waals surface area contributed by atoms with E-state index in [1.165, 1.54) is 58.2 Å². The summed E-state index contributed by atoms with van der Waals surface area (Å²) in [4.78, 5) is 4.95. The van der Waals surface area contributed by atoms with E-state index in [0.717, 1.165) is 24.8 Å². The molecular formula is C14H25N3. The molecule has 96 valence electrons. The Kier molecular flexibility index (Phi) is 3.37. The highest BCUT2D eigenvalue weighted by atomic mass is 15.3. The van der Waals surface area contributed by atoms with E-state index >= 15 is 0 Å². The molecule has 0 bridgehead atoms. The van der Waals surface area contributed by atoms with Gasteiger partial charge in [0.2, 0.25) is 0 Å². The van der Waals surface area contributed by atoms with Crippen molar-refractivity contribution in [3.8, 4) is 0 Å². The molecule has 3 nitrogen and oxygen atoms in total. The van der Waals surface area contributed by atoms with Crippen molar-refractivity contribution in [2.45, 2.75) is 38.5 Å². The van der Waals surface area contributed by atoms with Crippen LogP contribution in [0.5, 0.6) is 0 Å². The normalized spacial score (nSPS) is 27.6. The lowest BCUT2D eigenvalue weighted by atomic mass is 10.1. The van der Waals surface area contributed by atoms with Crippen LogP contribution in [-0.4, -0.2) is 48.4 Å². The number of amidine groups is 1. The molecule has 3 aliphatic rings. The fourth-order valence-electron chi connectivity index (χ4n) is 3.29. The van der Waals surface area contributed by atoms with Crippen molar-refractivity contribution in [2.24, 2.45) is 11.8 Å². The zero-order chi connectivity index (χ0) is 11.7. The minimum absolute atomic E-state index is 0.588. The molecule has 17 heavy (non-hydrogen) atoms. The zero-order valence-corrected chi connectivity index (χ0v) is 10.8. The summed E-state index contributed by atoms with van der Waals surface area (Å²) < 4.78 is 0. The van der Waals surface area contributed by atoms with Crippen LogP contribution in [0.4, 0.5) is 0 Å². The first-order valence-corrected chi connectivity index (χ1v) is 7.38. The van der Waals surface area contributed by atoms with Crippen LogP contribution in [0.3, 0.4) is 0 Å². The van der Waals surface area contributed by atoms with Gasteiger partial charge in [-0.25, -0.2) is 0 Å². The Labute approximate surface area is 105 Å². The average molecular weight is 235 g/mol. The predicted molar refractivity (Wildman–Crippen MR) is 70.4 cm³/mol. The van der Waals surface area contributed by atoms with Gasteiger partial charge in [-0.15, -0.1) is 0 Å². The third-order valence-electron chi connectivity index (χ3n) is 4.67. The molecule has 0 aromatic heterocycles. The molecule has 0 unspecified atom stereocenters. The Bertz CT molecular complexity index is 271. The van der Waals surface area contributed by atoms with E-state index in [4.69, 9.17) is 5.41 Å². The number of nitrogens with one attached hydrogen (secondary N) is 1. The molecule has 0 amide bonds. The Morgan fingerprint density at radius 1 is 0.941 bits per heavy atom. The molecule has 3 rings (SSSR count). The minimum Gasteiger partial charge on any atom is -0.358 e. The molecule has 3 heteroatoms. The molecule has 0 aromatic carbocycles. The second-order valence-electron chi connectivity index (χ2n) is 6.10. The van der Waals surface area contributed by atoms with Gasteiger partial charge in [-0.3, -0.25) is 10.3 Å². The van der Waals surface area contributed by atoms with Gasteiger partial charge in [0.25, 0.3) is 0 Å². The van der Waals surface area contributed by atoms with Gasteiger partial charge >= 0.3 is 0 Å². The van der Waals surface area contributed by atoms with Gasteiger partial charge in [0.1, 0.15) is 0 Å². The van der Waals surface area contributed by atoms with E-state index in [-0.39, 0.29) is 0 Å². The molecule has 0 aromatic rings. The van der Waals surface area contributed by atoms with Crippen LogP contribution in [0.15, 0.2) is 0 Å². The number of nitrogens with zero attached hydrogens (tertiary/aromatic N) is 2. The van der Waals surface area contributed by atoms with E-state index in [0.29, 0.717) is 5.92 Å². The first kappa shape index (κ1) is 11.5. The smallest absolute Gasteiger partial charge is 0.0990 e. The summed E-state index contributed by atoms with van der Waals surface area (Å²) in [5, 5.41) is 8.31. The van der Waals surface area contributed by atoms with Crippen LogP contribution in [-0.2, 0) is 0 Å². The highest BCUT2D eigenvalue weighted by Crippen LogP contribution is 2.30.